The SMILES string of the molecule is Cc1cccc2cc(-c3nc4cccc(C)n4c3NC[C@@H]3CCCO3)c(=O)[nH]c12. The van der Waals surface area contributed by atoms with Crippen LogP contribution in [0.2, 0.25) is 0 Å². The summed E-state index contributed by atoms with van der Waals surface area (Å²) in [5.41, 5.74) is 4.91. The van der Waals surface area contributed by atoms with Crippen molar-refractivity contribution in [1.29, 1.82) is 0 Å². The zero-order valence-corrected chi connectivity index (χ0v) is 16.7. The van der Waals surface area contributed by atoms with Gasteiger partial charge in [0.1, 0.15) is 17.2 Å². The fourth-order valence-electron chi connectivity index (χ4n) is 4.18. The summed E-state index contributed by atoms with van der Waals surface area (Å²) in [6.07, 6.45) is 2.33. The molecule has 6 nitrogen and oxygen atoms in total. The molecule has 5 rings (SSSR count). The fraction of sp³-hybridized carbons (Fsp3) is 0.304. The maximum absolute atomic E-state index is 13.0. The quantitative estimate of drug-likeness (QED) is 0.553. The Bertz CT molecular complexity index is 1270. The minimum absolute atomic E-state index is 0.131. The topological polar surface area (TPSA) is 71.4 Å². The smallest absolute Gasteiger partial charge is 0.258 e. The highest BCUT2D eigenvalue weighted by atomic mass is 16.5. The lowest BCUT2D eigenvalue weighted by molar-refractivity contribution is 0.120. The van der Waals surface area contributed by atoms with E-state index in [4.69, 9.17) is 9.72 Å². The van der Waals surface area contributed by atoms with E-state index in [9.17, 15) is 4.79 Å². The molecule has 0 spiro atoms. The number of hydrogen-bond acceptors (Lipinski definition) is 4. The van der Waals surface area contributed by atoms with E-state index in [1.165, 1.54) is 0 Å². The molecule has 2 N–H and O–H groups in total. The number of pyridine rings is 2. The van der Waals surface area contributed by atoms with Gasteiger partial charge in [0.2, 0.25) is 0 Å². The molecule has 1 aromatic carbocycles. The zero-order chi connectivity index (χ0) is 20.0. The Morgan fingerprint density at radius 2 is 2.10 bits per heavy atom. The van der Waals surface area contributed by atoms with E-state index < -0.39 is 0 Å². The molecule has 0 bridgehead atoms. The number of nitrogens with one attached hydrogen (secondary N) is 2. The average molecular weight is 388 g/mol. The van der Waals surface area contributed by atoms with Crippen LogP contribution in [0.4, 0.5) is 5.82 Å². The number of H-pyrrole nitrogens is 1. The summed E-state index contributed by atoms with van der Waals surface area (Å²) in [7, 11) is 0. The van der Waals surface area contributed by atoms with Gasteiger partial charge in [0.15, 0.2) is 0 Å². The van der Waals surface area contributed by atoms with Crippen LogP contribution in [-0.4, -0.2) is 33.6 Å². The second-order valence-corrected chi connectivity index (χ2v) is 7.74. The van der Waals surface area contributed by atoms with E-state index in [-0.39, 0.29) is 11.7 Å². The largest absolute Gasteiger partial charge is 0.376 e. The molecule has 0 saturated carbocycles. The molecular weight excluding hydrogens is 364 g/mol. The Kier molecular flexibility index (Phi) is 4.36. The summed E-state index contributed by atoms with van der Waals surface area (Å²) >= 11 is 0. The van der Waals surface area contributed by atoms with Crippen LogP contribution in [0.25, 0.3) is 27.8 Å². The summed E-state index contributed by atoms with van der Waals surface area (Å²) in [5, 5.41) is 4.53. The van der Waals surface area contributed by atoms with E-state index in [0.717, 1.165) is 53.1 Å². The van der Waals surface area contributed by atoms with Crippen LogP contribution in [0.3, 0.4) is 0 Å². The Hall–Kier alpha value is -3.12. The van der Waals surface area contributed by atoms with E-state index >= 15 is 0 Å². The van der Waals surface area contributed by atoms with Gasteiger partial charge in [-0.15, -0.1) is 0 Å². The second kappa shape index (κ2) is 7.04. The molecule has 1 fully saturated rings. The van der Waals surface area contributed by atoms with Gasteiger partial charge in [-0.3, -0.25) is 9.20 Å². The summed E-state index contributed by atoms with van der Waals surface area (Å²) in [6.45, 7) is 5.55. The summed E-state index contributed by atoms with van der Waals surface area (Å²) in [6, 6.07) is 14.0. The Balaban J connectivity index is 1.69. The minimum atomic E-state index is -0.131. The second-order valence-electron chi connectivity index (χ2n) is 7.74. The van der Waals surface area contributed by atoms with Crippen molar-refractivity contribution >= 4 is 22.4 Å². The molecule has 1 saturated heterocycles. The summed E-state index contributed by atoms with van der Waals surface area (Å²) in [4.78, 5) is 20.9. The van der Waals surface area contributed by atoms with Crippen LogP contribution in [0.1, 0.15) is 24.1 Å². The van der Waals surface area contributed by atoms with Crippen molar-refractivity contribution in [3.8, 4) is 11.3 Å². The molecule has 29 heavy (non-hydrogen) atoms. The molecule has 148 valence electrons. The molecule has 1 aliphatic rings. The van der Waals surface area contributed by atoms with Gasteiger partial charge in [0, 0.05) is 18.8 Å². The van der Waals surface area contributed by atoms with Crippen LogP contribution in [0, 0.1) is 13.8 Å². The standard InChI is InChI=1S/C23H24N4O2/c1-14-6-3-8-16-12-18(23(28)26-20(14)16)21-22(24-13-17-9-5-11-29-17)27-15(2)7-4-10-19(27)25-21/h3-4,6-8,10,12,17,24H,5,9,11,13H2,1-2H3,(H,26,28)/t17-/m0/s1. The lowest BCUT2D eigenvalue weighted by Crippen LogP contribution is -2.20. The maximum atomic E-state index is 13.0. The van der Waals surface area contributed by atoms with Crippen molar-refractivity contribution in [3.63, 3.8) is 0 Å². The molecule has 3 aromatic heterocycles. The van der Waals surface area contributed by atoms with Crippen molar-refractivity contribution in [3.05, 3.63) is 64.1 Å². The number of aromatic amines is 1. The molecule has 6 heteroatoms. The van der Waals surface area contributed by atoms with E-state index in [1.807, 2.05) is 56.3 Å². The number of imidazole rings is 1. The first-order valence-corrected chi connectivity index (χ1v) is 10.1. The Labute approximate surface area is 168 Å². The summed E-state index contributed by atoms with van der Waals surface area (Å²) < 4.78 is 7.85. The molecule has 0 radical (unpaired) electrons. The molecule has 0 amide bonds. The summed E-state index contributed by atoms with van der Waals surface area (Å²) in [5.74, 6) is 0.839. The van der Waals surface area contributed by atoms with Crippen LogP contribution in [0.5, 0.6) is 0 Å². The highest BCUT2D eigenvalue weighted by Gasteiger charge is 2.21. The van der Waals surface area contributed by atoms with Crippen LogP contribution >= 0.6 is 0 Å². The van der Waals surface area contributed by atoms with Gasteiger partial charge in [-0.2, -0.15) is 0 Å². The van der Waals surface area contributed by atoms with Crippen molar-refractivity contribution < 1.29 is 4.74 Å². The van der Waals surface area contributed by atoms with E-state index in [2.05, 4.69) is 14.7 Å². The third kappa shape index (κ3) is 3.09. The first-order chi connectivity index (χ1) is 14.1. The first kappa shape index (κ1) is 17.9. The third-order valence-electron chi connectivity index (χ3n) is 5.70. The van der Waals surface area contributed by atoms with Gasteiger partial charge in [-0.1, -0.05) is 24.3 Å². The maximum Gasteiger partial charge on any atom is 0.258 e. The highest BCUT2D eigenvalue weighted by molar-refractivity contribution is 5.87. The monoisotopic (exact) mass is 388 g/mol. The number of fused-ring (bicyclic) bond motifs is 2. The highest BCUT2D eigenvalue weighted by Crippen LogP contribution is 2.30. The van der Waals surface area contributed by atoms with Crippen LogP contribution < -0.4 is 10.9 Å². The number of para-hydroxylation sites is 1. The average Bonchev–Trinajstić information content (AvgIpc) is 3.35. The third-order valence-corrected chi connectivity index (χ3v) is 5.70. The number of ether oxygens (including phenoxy) is 1. The lowest BCUT2D eigenvalue weighted by atomic mass is 10.1. The van der Waals surface area contributed by atoms with Gasteiger partial charge < -0.3 is 15.0 Å². The fourth-order valence-corrected chi connectivity index (χ4v) is 4.18. The van der Waals surface area contributed by atoms with Gasteiger partial charge >= 0.3 is 0 Å². The number of rotatable bonds is 4. The van der Waals surface area contributed by atoms with Gasteiger partial charge in [0.05, 0.1) is 17.2 Å². The number of aryl methyl sites for hydroxylation is 2. The number of nitrogens with zero attached hydrogens (tertiary/aromatic N) is 2. The molecule has 4 heterocycles. The molecule has 4 aromatic rings. The Morgan fingerprint density at radius 1 is 1.24 bits per heavy atom. The number of benzene rings is 1. The zero-order valence-electron chi connectivity index (χ0n) is 16.7. The number of aromatic nitrogens is 3. The molecule has 0 aliphatic carbocycles. The van der Waals surface area contributed by atoms with Gasteiger partial charge in [0.25, 0.3) is 5.56 Å². The molecule has 1 aliphatic heterocycles. The normalized spacial score (nSPS) is 16.7. The van der Waals surface area contributed by atoms with Crippen molar-refractivity contribution in [2.24, 2.45) is 0 Å². The number of anilines is 1. The molecular formula is C23H24N4O2. The van der Waals surface area contributed by atoms with Crippen molar-refractivity contribution in [2.75, 3.05) is 18.5 Å². The van der Waals surface area contributed by atoms with Gasteiger partial charge in [-0.25, -0.2) is 4.98 Å². The predicted molar refractivity (Wildman–Crippen MR) is 116 cm³/mol. The van der Waals surface area contributed by atoms with Crippen LogP contribution in [0.15, 0.2) is 47.3 Å². The van der Waals surface area contributed by atoms with Crippen LogP contribution in [-0.2, 0) is 4.74 Å². The minimum Gasteiger partial charge on any atom is -0.376 e. The Morgan fingerprint density at radius 3 is 2.93 bits per heavy atom. The first-order valence-electron chi connectivity index (χ1n) is 10.1. The molecule has 1 atom stereocenters. The van der Waals surface area contributed by atoms with E-state index in [0.29, 0.717) is 17.8 Å². The number of hydrogen-bond donors (Lipinski definition) is 2. The van der Waals surface area contributed by atoms with Crippen molar-refractivity contribution in [2.45, 2.75) is 32.8 Å². The predicted octanol–water partition coefficient (Wildman–Crippen LogP) is 4.05. The van der Waals surface area contributed by atoms with Crippen molar-refractivity contribution in [1.82, 2.24) is 14.4 Å². The van der Waals surface area contributed by atoms with Gasteiger partial charge in [-0.05, 0) is 55.8 Å². The lowest BCUT2D eigenvalue weighted by Gasteiger charge is -2.14. The van der Waals surface area contributed by atoms with E-state index in [1.54, 1.807) is 0 Å². The molecule has 0 unspecified atom stereocenters.